The highest BCUT2D eigenvalue weighted by Crippen LogP contribution is 2.29. The minimum atomic E-state index is -0.0536. The van der Waals surface area contributed by atoms with E-state index in [1.165, 1.54) is 5.56 Å². The quantitative estimate of drug-likeness (QED) is 0.921. The van der Waals surface area contributed by atoms with E-state index in [1.807, 2.05) is 36.9 Å². The zero-order valence-electron chi connectivity index (χ0n) is 12.5. The number of nitrogens with zero attached hydrogens (tertiary/aromatic N) is 3. The first-order valence-electron chi connectivity index (χ1n) is 7.36. The van der Waals surface area contributed by atoms with Gasteiger partial charge in [-0.1, -0.05) is 18.2 Å². The Morgan fingerprint density at radius 3 is 2.90 bits per heavy atom. The standard InChI is InChI=1S/C16H20N4O/c1-3-20-15(14(17)11(2)18-20)16(21)19-10-6-8-12-7-4-5-9-13(12)19/h4-5,7,9H,3,6,8,10,17H2,1-2H3. The Balaban J connectivity index is 2.05. The maximum atomic E-state index is 13.0. The Kier molecular flexibility index (Phi) is 3.41. The molecule has 0 aliphatic carbocycles. The van der Waals surface area contributed by atoms with Gasteiger partial charge in [0.05, 0.1) is 11.4 Å². The molecule has 1 amide bonds. The van der Waals surface area contributed by atoms with Crippen molar-refractivity contribution >= 4 is 17.3 Å². The van der Waals surface area contributed by atoms with Gasteiger partial charge in [0.25, 0.3) is 5.91 Å². The summed E-state index contributed by atoms with van der Waals surface area (Å²) in [5.74, 6) is -0.0536. The molecule has 0 fully saturated rings. The molecule has 0 spiro atoms. The Bertz CT molecular complexity index is 690. The van der Waals surface area contributed by atoms with Crippen molar-refractivity contribution in [3.05, 3.63) is 41.2 Å². The molecule has 0 unspecified atom stereocenters. The maximum Gasteiger partial charge on any atom is 0.278 e. The van der Waals surface area contributed by atoms with Crippen LogP contribution in [0.15, 0.2) is 24.3 Å². The minimum Gasteiger partial charge on any atom is -0.395 e. The number of benzene rings is 1. The van der Waals surface area contributed by atoms with Gasteiger partial charge in [-0.2, -0.15) is 5.10 Å². The summed E-state index contributed by atoms with van der Waals surface area (Å²) in [4.78, 5) is 14.8. The fourth-order valence-electron chi connectivity index (χ4n) is 2.92. The number of carbonyl (C=O) groups is 1. The van der Waals surface area contributed by atoms with Gasteiger partial charge in [-0.3, -0.25) is 9.48 Å². The third-order valence-corrected chi connectivity index (χ3v) is 4.03. The van der Waals surface area contributed by atoms with Crippen LogP contribution in [0.3, 0.4) is 0 Å². The lowest BCUT2D eigenvalue weighted by molar-refractivity contribution is 0.0975. The lowest BCUT2D eigenvalue weighted by Gasteiger charge is -2.29. The highest BCUT2D eigenvalue weighted by Gasteiger charge is 2.28. The molecule has 3 rings (SSSR count). The summed E-state index contributed by atoms with van der Waals surface area (Å²) in [6.45, 7) is 5.16. The molecule has 1 aromatic carbocycles. The first-order chi connectivity index (χ1) is 10.1. The van der Waals surface area contributed by atoms with Crippen LogP contribution in [0.4, 0.5) is 11.4 Å². The number of hydrogen-bond donors (Lipinski definition) is 1. The smallest absolute Gasteiger partial charge is 0.278 e. The van der Waals surface area contributed by atoms with Crippen molar-refractivity contribution in [2.45, 2.75) is 33.2 Å². The molecule has 0 atom stereocenters. The Morgan fingerprint density at radius 2 is 2.14 bits per heavy atom. The van der Waals surface area contributed by atoms with Gasteiger partial charge >= 0.3 is 0 Å². The number of amides is 1. The van der Waals surface area contributed by atoms with Crippen LogP contribution >= 0.6 is 0 Å². The molecule has 0 saturated heterocycles. The molecule has 2 heterocycles. The second-order valence-electron chi connectivity index (χ2n) is 5.35. The van der Waals surface area contributed by atoms with Crippen LogP contribution < -0.4 is 10.6 Å². The molecule has 110 valence electrons. The van der Waals surface area contributed by atoms with Gasteiger partial charge < -0.3 is 10.6 Å². The summed E-state index contributed by atoms with van der Waals surface area (Å²) in [7, 11) is 0. The van der Waals surface area contributed by atoms with Crippen LogP contribution in [0.5, 0.6) is 0 Å². The summed E-state index contributed by atoms with van der Waals surface area (Å²) in [6.07, 6.45) is 1.99. The van der Waals surface area contributed by atoms with Gasteiger partial charge in [0.2, 0.25) is 0 Å². The number of para-hydroxylation sites is 1. The van der Waals surface area contributed by atoms with Crippen LogP contribution in [-0.4, -0.2) is 22.2 Å². The zero-order valence-corrected chi connectivity index (χ0v) is 12.5. The zero-order chi connectivity index (χ0) is 15.0. The molecule has 1 aromatic heterocycles. The summed E-state index contributed by atoms with van der Waals surface area (Å²) >= 11 is 0. The third kappa shape index (κ3) is 2.18. The minimum absolute atomic E-state index is 0.0536. The van der Waals surface area contributed by atoms with Crippen molar-refractivity contribution in [1.29, 1.82) is 0 Å². The monoisotopic (exact) mass is 284 g/mol. The summed E-state index contributed by atoms with van der Waals surface area (Å²) in [5, 5.41) is 4.34. The summed E-state index contributed by atoms with van der Waals surface area (Å²) in [6, 6.07) is 8.07. The number of nitrogen functional groups attached to an aromatic ring is 1. The predicted molar refractivity (Wildman–Crippen MR) is 83.5 cm³/mol. The Hall–Kier alpha value is -2.30. The highest BCUT2D eigenvalue weighted by molar-refractivity contribution is 6.09. The first-order valence-corrected chi connectivity index (χ1v) is 7.36. The lowest BCUT2D eigenvalue weighted by atomic mass is 10.0. The molecule has 1 aliphatic heterocycles. The fourth-order valence-corrected chi connectivity index (χ4v) is 2.92. The van der Waals surface area contributed by atoms with Crippen molar-refractivity contribution in [2.75, 3.05) is 17.2 Å². The van der Waals surface area contributed by atoms with E-state index in [2.05, 4.69) is 11.2 Å². The molecule has 5 heteroatoms. The van der Waals surface area contributed by atoms with E-state index in [0.29, 0.717) is 23.6 Å². The van der Waals surface area contributed by atoms with Crippen molar-refractivity contribution in [3.8, 4) is 0 Å². The Morgan fingerprint density at radius 1 is 1.38 bits per heavy atom. The van der Waals surface area contributed by atoms with E-state index in [9.17, 15) is 4.79 Å². The second-order valence-corrected chi connectivity index (χ2v) is 5.35. The van der Waals surface area contributed by atoms with E-state index in [-0.39, 0.29) is 5.91 Å². The predicted octanol–water partition coefficient (Wildman–Crippen LogP) is 2.39. The van der Waals surface area contributed by atoms with Gasteiger partial charge in [-0.05, 0) is 38.3 Å². The van der Waals surface area contributed by atoms with Crippen molar-refractivity contribution in [1.82, 2.24) is 9.78 Å². The fraction of sp³-hybridized carbons (Fsp3) is 0.375. The van der Waals surface area contributed by atoms with E-state index < -0.39 is 0 Å². The molecule has 21 heavy (non-hydrogen) atoms. The molecular formula is C16H20N4O. The van der Waals surface area contributed by atoms with Crippen molar-refractivity contribution in [2.24, 2.45) is 0 Å². The van der Waals surface area contributed by atoms with Crippen LogP contribution in [-0.2, 0) is 13.0 Å². The molecule has 5 nitrogen and oxygen atoms in total. The van der Waals surface area contributed by atoms with Crippen LogP contribution in [0.25, 0.3) is 0 Å². The van der Waals surface area contributed by atoms with Gasteiger partial charge in [-0.25, -0.2) is 0 Å². The van der Waals surface area contributed by atoms with Gasteiger partial charge in [0, 0.05) is 18.8 Å². The van der Waals surface area contributed by atoms with E-state index in [0.717, 1.165) is 25.1 Å². The number of aromatic nitrogens is 2. The van der Waals surface area contributed by atoms with E-state index >= 15 is 0 Å². The van der Waals surface area contributed by atoms with Gasteiger partial charge in [0.1, 0.15) is 5.69 Å². The van der Waals surface area contributed by atoms with Crippen molar-refractivity contribution < 1.29 is 4.79 Å². The average Bonchev–Trinajstić information content (AvgIpc) is 2.81. The second kappa shape index (κ2) is 5.24. The average molecular weight is 284 g/mol. The lowest BCUT2D eigenvalue weighted by Crippen LogP contribution is -2.37. The summed E-state index contributed by atoms with van der Waals surface area (Å²) < 4.78 is 1.70. The summed E-state index contributed by atoms with van der Waals surface area (Å²) in [5.41, 5.74) is 10.00. The van der Waals surface area contributed by atoms with Crippen LogP contribution in [0.2, 0.25) is 0 Å². The Labute approximate surface area is 124 Å². The molecule has 0 radical (unpaired) electrons. The normalized spacial score (nSPS) is 14.1. The topological polar surface area (TPSA) is 64.2 Å². The number of nitrogens with two attached hydrogens (primary N) is 1. The number of fused-ring (bicyclic) bond motifs is 1. The van der Waals surface area contributed by atoms with Gasteiger partial charge in [0.15, 0.2) is 0 Å². The van der Waals surface area contributed by atoms with Crippen LogP contribution in [0, 0.1) is 6.92 Å². The molecule has 2 aromatic rings. The maximum absolute atomic E-state index is 13.0. The highest BCUT2D eigenvalue weighted by atomic mass is 16.2. The molecular weight excluding hydrogens is 264 g/mol. The third-order valence-electron chi connectivity index (χ3n) is 4.03. The first kappa shape index (κ1) is 13.7. The van der Waals surface area contributed by atoms with Crippen LogP contribution in [0.1, 0.15) is 35.1 Å². The van der Waals surface area contributed by atoms with E-state index in [4.69, 9.17) is 5.73 Å². The molecule has 0 bridgehead atoms. The number of carbonyl (C=O) groups excluding carboxylic acids is 1. The van der Waals surface area contributed by atoms with Crippen molar-refractivity contribution in [3.63, 3.8) is 0 Å². The van der Waals surface area contributed by atoms with E-state index in [1.54, 1.807) is 4.68 Å². The molecule has 0 saturated carbocycles. The number of rotatable bonds is 2. The number of aryl methyl sites for hydroxylation is 3. The van der Waals surface area contributed by atoms with Gasteiger partial charge in [-0.15, -0.1) is 0 Å². The number of hydrogen-bond acceptors (Lipinski definition) is 3. The molecule has 2 N–H and O–H groups in total. The number of anilines is 2. The largest absolute Gasteiger partial charge is 0.395 e. The SMILES string of the molecule is CCn1nc(C)c(N)c1C(=O)N1CCCc2ccccc21. The molecule has 1 aliphatic rings.